The number of hydrogen-bond donors (Lipinski definition) is 1. The number of Topliss-reactive ketones (excluding diaryl/α,β-unsaturated/α-hetero) is 1. The van der Waals surface area contributed by atoms with Crippen LogP contribution in [-0.2, 0) is 29.0 Å². The number of rotatable bonds is 5. The number of esters is 1. The number of aromatic nitrogens is 2. The molecule has 136 valence electrons. The topological polar surface area (TPSA) is 113 Å². The Balaban J connectivity index is 1.80. The van der Waals surface area contributed by atoms with Crippen molar-refractivity contribution in [2.75, 3.05) is 12.3 Å². The second kappa shape index (κ2) is 6.29. The number of carbonyl (C=O) groups is 2. The first-order valence-electron chi connectivity index (χ1n) is 8.11. The van der Waals surface area contributed by atoms with Gasteiger partial charge in [-0.15, -0.1) is 0 Å². The molecule has 0 atom stereocenters. The zero-order chi connectivity index (χ0) is 19.1. The monoisotopic (exact) mass is 357 g/mol. The molecule has 3 rings (SSSR count). The largest absolute Gasteiger partial charge is 0.457 e. The molecule has 2 aromatic rings. The van der Waals surface area contributed by atoms with Gasteiger partial charge in [-0.3, -0.25) is 23.5 Å². The fourth-order valence-electron chi connectivity index (χ4n) is 2.96. The summed E-state index contributed by atoms with van der Waals surface area (Å²) >= 11 is 0. The van der Waals surface area contributed by atoms with E-state index in [-0.39, 0.29) is 11.4 Å². The van der Waals surface area contributed by atoms with E-state index in [0.717, 1.165) is 14.7 Å². The first-order valence-corrected chi connectivity index (χ1v) is 8.11. The van der Waals surface area contributed by atoms with Crippen LogP contribution in [0.15, 0.2) is 39.9 Å². The molecular formula is C18H19N3O5. The zero-order valence-corrected chi connectivity index (χ0v) is 14.5. The van der Waals surface area contributed by atoms with E-state index >= 15 is 0 Å². The van der Waals surface area contributed by atoms with E-state index in [1.165, 1.54) is 14.1 Å². The lowest BCUT2D eigenvalue weighted by Crippen LogP contribution is -2.42. The summed E-state index contributed by atoms with van der Waals surface area (Å²) in [6, 6.07) is 9.21. The summed E-state index contributed by atoms with van der Waals surface area (Å²) in [5.41, 5.74) is 4.06. The highest BCUT2D eigenvalue weighted by molar-refractivity contribution is 6.01. The SMILES string of the molecule is Cn1c(N)c(C(=O)COC(=O)C2(c3ccccc3)CC2)c(=O)n(C)c1=O. The van der Waals surface area contributed by atoms with E-state index < -0.39 is 35.0 Å². The molecule has 0 unspecified atom stereocenters. The third-order valence-electron chi connectivity index (χ3n) is 4.79. The van der Waals surface area contributed by atoms with Crippen molar-refractivity contribution in [3.8, 4) is 0 Å². The maximum Gasteiger partial charge on any atom is 0.332 e. The van der Waals surface area contributed by atoms with Gasteiger partial charge in [0.15, 0.2) is 6.61 Å². The van der Waals surface area contributed by atoms with Gasteiger partial charge in [-0.2, -0.15) is 0 Å². The minimum atomic E-state index is -0.809. The number of nitrogens with two attached hydrogens (primary N) is 1. The Morgan fingerprint density at radius 3 is 2.31 bits per heavy atom. The highest BCUT2D eigenvalue weighted by Crippen LogP contribution is 2.49. The van der Waals surface area contributed by atoms with Crippen molar-refractivity contribution in [3.05, 3.63) is 62.3 Å². The number of benzene rings is 1. The Labute approximate surface area is 148 Å². The molecule has 0 aliphatic heterocycles. The van der Waals surface area contributed by atoms with Crippen molar-refractivity contribution in [2.24, 2.45) is 14.1 Å². The molecule has 26 heavy (non-hydrogen) atoms. The Kier molecular flexibility index (Phi) is 4.27. The minimum Gasteiger partial charge on any atom is -0.457 e. The van der Waals surface area contributed by atoms with Crippen LogP contribution in [0.2, 0.25) is 0 Å². The zero-order valence-electron chi connectivity index (χ0n) is 14.5. The van der Waals surface area contributed by atoms with Crippen LogP contribution in [0.1, 0.15) is 28.8 Å². The van der Waals surface area contributed by atoms with Gasteiger partial charge in [0, 0.05) is 14.1 Å². The van der Waals surface area contributed by atoms with Crippen LogP contribution >= 0.6 is 0 Å². The van der Waals surface area contributed by atoms with E-state index in [1.807, 2.05) is 30.3 Å². The molecule has 1 saturated carbocycles. The van der Waals surface area contributed by atoms with E-state index in [9.17, 15) is 19.2 Å². The molecule has 0 amide bonds. The van der Waals surface area contributed by atoms with Gasteiger partial charge in [0.2, 0.25) is 5.78 Å². The summed E-state index contributed by atoms with van der Waals surface area (Å²) in [7, 11) is 2.61. The van der Waals surface area contributed by atoms with Crippen molar-refractivity contribution in [2.45, 2.75) is 18.3 Å². The van der Waals surface area contributed by atoms with Gasteiger partial charge < -0.3 is 10.5 Å². The Morgan fingerprint density at radius 1 is 1.12 bits per heavy atom. The highest BCUT2D eigenvalue weighted by atomic mass is 16.5. The summed E-state index contributed by atoms with van der Waals surface area (Å²) in [4.78, 5) is 48.9. The van der Waals surface area contributed by atoms with E-state index in [4.69, 9.17) is 10.5 Å². The van der Waals surface area contributed by atoms with E-state index in [2.05, 4.69) is 0 Å². The van der Waals surface area contributed by atoms with Gasteiger partial charge in [-0.1, -0.05) is 30.3 Å². The second-order valence-corrected chi connectivity index (χ2v) is 6.41. The van der Waals surface area contributed by atoms with Crippen molar-refractivity contribution in [3.63, 3.8) is 0 Å². The molecule has 8 nitrogen and oxygen atoms in total. The molecule has 1 aromatic heterocycles. The summed E-state index contributed by atoms with van der Waals surface area (Å²) < 4.78 is 6.97. The van der Waals surface area contributed by atoms with Crippen LogP contribution in [0.4, 0.5) is 5.82 Å². The molecule has 1 aliphatic carbocycles. The van der Waals surface area contributed by atoms with E-state index in [0.29, 0.717) is 12.8 Å². The molecular weight excluding hydrogens is 338 g/mol. The maximum absolute atomic E-state index is 12.5. The van der Waals surface area contributed by atoms with Gasteiger partial charge in [0.05, 0.1) is 5.41 Å². The summed E-state index contributed by atoms with van der Waals surface area (Å²) in [6.45, 7) is -0.606. The summed E-state index contributed by atoms with van der Waals surface area (Å²) in [6.07, 6.45) is 1.29. The molecule has 0 radical (unpaired) electrons. The van der Waals surface area contributed by atoms with Gasteiger partial charge in [0.25, 0.3) is 5.56 Å². The van der Waals surface area contributed by atoms with E-state index in [1.54, 1.807) is 0 Å². The quantitative estimate of drug-likeness (QED) is 0.601. The van der Waals surface area contributed by atoms with Crippen LogP contribution in [0.3, 0.4) is 0 Å². The average molecular weight is 357 g/mol. The van der Waals surface area contributed by atoms with Crippen molar-refractivity contribution in [1.82, 2.24) is 9.13 Å². The lowest BCUT2D eigenvalue weighted by atomic mass is 9.96. The van der Waals surface area contributed by atoms with Crippen LogP contribution in [0.25, 0.3) is 0 Å². The van der Waals surface area contributed by atoms with Crippen LogP contribution in [-0.4, -0.2) is 27.5 Å². The summed E-state index contributed by atoms with van der Waals surface area (Å²) in [5.74, 6) is -1.49. The molecule has 1 heterocycles. The molecule has 0 spiro atoms. The number of ether oxygens (including phenoxy) is 1. The molecule has 1 aromatic carbocycles. The fourth-order valence-corrected chi connectivity index (χ4v) is 2.96. The Bertz CT molecular complexity index is 1000. The predicted molar refractivity (Wildman–Crippen MR) is 94.0 cm³/mol. The van der Waals surface area contributed by atoms with Crippen LogP contribution in [0, 0.1) is 0 Å². The van der Waals surface area contributed by atoms with Crippen molar-refractivity contribution in [1.29, 1.82) is 0 Å². The minimum absolute atomic E-state index is 0.247. The molecule has 0 bridgehead atoms. The number of carbonyl (C=O) groups excluding carboxylic acids is 2. The fraction of sp³-hybridized carbons (Fsp3) is 0.333. The number of nitrogen functional groups attached to an aromatic ring is 1. The van der Waals surface area contributed by atoms with Crippen LogP contribution < -0.4 is 17.0 Å². The number of hydrogen-bond acceptors (Lipinski definition) is 6. The van der Waals surface area contributed by atoms with Gasteiger partial charge in [-0.25, -0.2) is 4.79 Å². The smallest absolute Gasteiger partial charge is 0.332 e. The molecule has 1 fully saturated rings. The normalized spacial score (nSPS) is 14.7. The second-order valence-electron chi connectivity index (χ2n) is 6.41. The molecule has 0 saturated heterocycles. The standard InChI is InChI=1S/C18H19N3O5/c1-20-14(19)13(15(23)21(2)17(20)25)12(22)10-26-16(24)18(8-9-18)11-6-4-3-5-7-11/h3-7H,8-10,19H2,1-2H3. The molecule has 1 aliphatic rings. The lowest BCUT2D eigenvalue weighted by molar-refractivity contribution is -0.145. The number of nitrogens with zero attached hydrogens (tertiary/aromatic N) is 2. The lowest BCUT2D eigenvalue weighted by Gasteiger charge is -2.15. The van der Waals surface area contributed by atoms with Gasteiger partial charge in [0.1, 0.15) is 11.4 Å². The highest BCUT2D eigenvalue weighted by Gasteiger charge is 2.52. The predicted octanol–water partition coefficient (Wildman–Crippen LogP) is 0.124. The van der Waals surface area contributed by atoms with Crippen LogP contribution in [0.5, 0.6) is 0 Å². The Morgan fingerprint density at radius 2 is 1.73 bits per heavy atom. The number of ketones is 1. The average Bonchev–Trinajstić information content (AvgIpc) is 3.46. The van der Waals surface area contributed by atoms with Crippen molar-refractivity contribution >= 4 is 17.6 Å². The molecule has 2 N–H and O–H groups in total. The third kappa shape index (κ3) is 2.73. The Hall–Kier alpha value is -3.16. The summed E-state index contributed by atoms with van der Waals surface area (Å²) in [5, 5.41) is 0. The first-order chi connectivity index (χ1) is 12.3. The maximum atomic E-state index is 12.5. The third-order valence-corrected chi connectivity index (χ3v) is 4.79. The van der Waals surface area contributed by atoms with Gasteiger partial charge in [-0.05, 0) is 18.4 Å². The first kappa shape index (κ1) is 17.7. The molecule has 8 heteroatoms. The van der Waals surface area contributed by atoms with Crippen molar-refractivity contribution < 1.29 is 14.3 Å². The number of anilines is 1. The van der Waals surface area contributed by atoms with Gasteiger partial charge >= 0.3 is 11.7 Å².